The fourth-order valence-corrected chi connectivity index (χ4v) is 2.15. The lowest BCUT2D eigenvalue weighted by atomic mass is 10.4. The van der Waals surface area contributed by atoms with Crippen LogP contribution in [-0.4, -0.2) is 21.9 Å². The Morgan fingerprint density at radius 1 is 1.90 bits per heavy atom. The number of thioether (sulfide) groups is 2. The highest BCUT2D eigenvalue weighted by atomic mass is 32.2. The molecule has 1 rings (SSSR count). The Labute approximate surface area is 69.6 Å². The highest BCUT2D eigenvalue weighted by Crippen LogP contribution is 2.33. The molecule has 1 nitrogen and oxygen atoms in total. The van der Waals surface area contributed by atoms with Gasteiger partial charge in [0.15, 0.2) is 0 Å². The van der Waals surface area contributed by atoms with Gasteiger partial charge in [0.1, 0.15) is 0 Å². The second-order valence-electron chi connectivity index (χ2n) is 2.33. The summed E-state index contributed by atoms with van der Waals surface area (Å²) in [6.07, 6.45) is 0. The maximum absolute atomic E-state index is 10.9. The van der Waals surface area contributed by atoms with Crippen molar-refractivity contribution in [2.45, 2.75) is 12.2 Å². The summed E-state index contributed by atoms with van der Waals surface area (Å²) >= 11 is 3.32. The maximum atomic E-state index is 10.9. The lowest BCUT2D eigenvalue weighted by Gasteiger charge is -1.94. The quantitative estimate of drug-likeness (QED) is 0.481. The molecule has 0 amide bonds. The van der Waals surface area contributed by atoms with Gasteiger partial charge in [-0.15, -0.1) is 0 Å². The van der Waals surface area contributed by atoms with Crippen LogP contribution in [0.3, 0.4) is 0 Å². The van der Waals surface area contributed by atoms with Gasteiger partial charge in [0, 0.05) is 16.8 Å². The van der Waals surface area contributed by atoms with Crippen molar-refractivity contribution < 1.29 is 4.79 Å². The molecule has 0 spiro atoms. The fourth-order valence-electron chi connectivity index (χ4n) is 0.456. The molecule has 0 bridgehead atoms. The highest BCUT2D eigenvalue weighted by molar-refractivity contribution is 8.15. The molecule has 1 aliphatic rings. The van der Waals surface area contributed by atoms with Crippen molar-refractivity contribution in [3.05, 3.63) is 12.2 Å². The van der Waals surface area contributed by atoms with Crippen LogP contribution in [0.2, 0.25) is 0 Å². The smallest absolute Gasteiger partial charge is 0.214 e. The Hall–Kier alpha value is 0.110. The molecule has 0 aliphatic carbocycles. The molecule has 1 aliphatic heterocycles. The van der Waals surface area contributed by atoms with Crippen LogP contribution in [0.5, 0.6) is 0 Å². The average Bonchev–Trinajstić information content (AvgIpc) is 2.64. The molecule has 10 heavy (non-hydrogen) atoms. The summed E-state index contributed by atoms with van der Waals surface area (Å²) in [6, 6.07) is 0. The molecule has 1 atom stereocenters. The van der Waals surface area contributed by atoms with Gasteiger partial charge in [0.25, 0.3) is 0 Å². The zero-order valence-electron chi connectivity index (χ0n) is 5.92. The Balaban J connectivity index is 2.11. The zero-order valence-corrected chi connectivity index (χ0v) is 7.56. The summed E-state index contributed by atoms with van der Waals surface area (Å²) in [5.41, 5.74) is 0.663. The average molecular weight is 174 g/mol. The van der Waals surface area contributed by atoms with Gasteiger partial charge in [0.2, 0.25) is 5.12 Å². The monoisotopic (exact) mass is 174 g/mol. The Kier molecular flexibility index (Phi) is 2.86. The number of hydrogen-bond acceptors (Lipinski definition) is 3. The van der Waals surface area contributed by atoms with Gasteiger partial charge in [-0.05, 0) is 12.5 Å². The van der Waals surface area contributed by atoms with Gasteiger partial charge < -0.3 is 0 Å². The minimum atomic E-state index is 0.146. The van der Waals surface area contributed by atoms with Crippen LogP contribution in [0.25, 0.3) is 0 Å². The first-order valence-corrected chi connectivity index (χ1v) is 5.18. The summed E-state index contributed by atoms with van der Waals surface area (Å²) in [4.78, 5) is 10.9. The second-order valence-corrected chi connectivity index (χ2v) is 4.66. The maximum Gasteiger partial charge on any atom is 0.214 e. The molecule has 0 N–H and O–H groups in total. The van der Waals surface area contributed by atoms with E-state index >= 15 is 0 Å². The molecule has 1 fully saturated rings. The molecule has 0 aromatic rings. The van der Waals surface area contributed by atoms with E-state index in [0.29, 0.717) is 5.57 Å². The Morgan fingerprint density at radius 2 is 2.50 bits per heavy atom. The van der Waals surface area contributed by atoms with Gasteiger partial charge in [-0.3, -0.25) is 4.79 Å². The number of carbonyl (C=O) groups is 1. The van der Waals surface area contributed by atoms with Crippen molar-refractivity contribution >= 4 is 28.6 Å². The van der Waals surface area contributed by atoms with Crippen LogP contribution in [-0.2, 0) is 4.79 Å². The van der Waals surface area contributed by atoms with Crippen molar-refractivity contribution in [3.63, 3.8) is 0 Å². The fraction of sp³-hybridized carbons (Fsp3) is 0.571. The van der Waals surface area contributed by atoms with Crippen LogP contribution in [0.4, 0.5) is 0 Å². The van der Waals surface area contributed by atoms with Gasteiger partial charge in [-0.2, -0.15) is 11.8 Å². The molecule has 1 heterocycles. The summed E-state index contributed by atoms with van der Waals surface area (Å²) in [6.45, 7) is 5.34. The molecule has 1 unspecified atom stereocenters. The van der Waals surface area contributed by atoms with E-state index in [0.717, 1.165) is 11.0 Å². The molecule has 56 valence electrons. The molecular weight excluding hydrogens is 164 g/mol. The third-order valence-corrected chi connectivity index (χ3v) is 3.51. The second kappa shape index (κ2) is 3.49. The van der Waals surface area contributed by atoms with E-state index in [1.807, 2.05) is 11.8 Å². The first kappa shape index (κ1) is 8.21. The Bertz CT molecular complexity index is 161. The summed E-state index contributed by atoms with van der Waals surface area (Å²) in [5.74, 6) is 2.20. The molecule has 0 saturated carbocycles. The van der Waals surface area contributed by atoms with Crippen molar-refractivity contribution in [2.24, 2.45) is 0 Å². The first-order chi connectivity index (χ1) is 4.70. The van der Waals surface area contributed by atoms with Crippen molar-refractivity contribution in [1.29, 1.82) is 0 Å². The summed E-state index contributed by atoms with van der Waals surface area (Å²) < 4.78 is 0. The van der Waals surface area contributed by atoms with Gasteiger partial charge in [0.05, 0.1) is 0 Å². The Morgan fingerprint density at radius 3 is 2.90 bits per heavy atom. The van der Waals surface area contributed by atoms with Crippen molar-refractivity contribution in [1.82, 2.24) is 0 Å². The van der Waals surface area contributed by atoms with Gasteiger partial charge in [-0.25, -0.2) is 0 Å². The molecule has 1 saturated heterocycles. The van der Waals surface area contributed by atoms with E-state index in [1.54, 1.807) is 6.92 Å². The summed E-state index contributed by atoms with van der Waals surface area (Å²) in [5, 5.41) is 0.890. The minimum Gasteiger partial charge on any atom is -0.282 e. The van der Waals surface area contributed by atoms with E-state index in [-0.39, 0.29) is 5.12 Å². The van der Waals surface area contributed by atoms with Crippen LogP contribution < -0.4 is 0 Å². The SMILES string of the molecule is C=C(C)C(=O)SCC1CS1. The molecule has 0 aromatic heterocycles. The van der Waals surface area contributed by atoms with E-state index in [4.69, 9.17) is 0 Å². The molecule has 0 radical (unpaired) electrons. The van der Waals surface area contributed by atoms with E-state index in [1.165, 1.54) is 17.5 Å². The zero-order chi connectivity index (χ0) is 7.56. The molecule has 3 heteroatoms. The molecule has 0 aromatic carbocycles. The van der Waals surface area contributed by atoms with Crippen molar-refractivity contribution in [3.8, 4) is 0 Å². The normalized spacial score (nSPS) is 22.3. The van der Waals surface area contributed by atoms with Gasteiger partial charge in [-0.1, -0.05) is 18.3 Å². The van der Waals surface area contributed by atoms with Crippen LogP contribution >= 0.6 is 23.5 Å². The minimum absolute atomic E-state index is 0.146. The van der Waals surface area contributed by atoms with Crippen LogP contribution in [0, 0.1) is 0 Å². The van der Waals surface area contributed by atoms with Gasteiger partial charge >= 0.3 is 0 Å². The summed E-state index contributed by atoms with van der Waals surface area (Å²) in [7, 11) is 0. The van der Waals surface area contributed by atoms with E-state index < -0.39 is 0 Å². The lowest BCUT2D eigenvalue weighted by molar-refractivity contribution is -0.107. The topological polar surface area (TPSA) is 17.1 Å². The number of hydrogen-bond donors (Lipinski definition) is 0. The lowest BCUT2D eigenvalue weighted by Crippen LogP contribution is -1.96. The van der Waals surface area contributed by atoms with E-state index in [2.05, 4.69) is 6.58 Å². The molecular formula is C7H10OS2. The van der Waals surface area contributed by atoms with Crippen LogP contribution in [0.15, 0.2) is 12.2 Å². The third kappa shape index (κ3) is 2.80. The van der Waals surface area contributed by atoms with Crippen molar-refractivity contribution in [2.75, 3.05) is 11.5 Å². The standard InChI is InChI=1S/C7H10OS2/c1-5(2)7(8)10-4-6-3-9-6/h6H,1,3-4H2,2H3. The largest absolute Gasteiger partial charge is 0.282 e. The van der Waals surface area contributed by atoms with E-state index in [9.17, 15) is 4.79 Å². The first-order valence-electron chi connectivity index (χ1n) is 3.14. The number of carbonyl (C=O) groups excluding carboxylic acids is 1. The third-order valence-electron chi connectivity index (χ3n) is 1.15. The predicted octanol–water partition coefficient (Wildman–Crippen LogP) is 1.94. The number of rotatable bonds is 3. The highest BCUT2D eigenvalue weighted by Gasteiger charge is 2.23. The van der Waals surface area contributed by atoms with Crippen LogP contribution in [0.1, 0.15) is 6.92 Å². The predicted molar refractivity (Wildman–Crippen MR) is 48.5 cm³/mol.